The number of aryl methyl sites for hydroxylation is 3. The molecule has 0 spiro atoms. The number of benzene rings is 1. The maximum atomic E-state index is 12.0. The largest absolute Gasteiger partial charge is 0.309 e. The van der Waals surface area contributed by atoms with Crippen LogP contribution < -0.4 is 5.56 Å². The zero-order valence-corrected chi connectivity index (χ0v) is 14.6. The second kappa shape index (κ2) is 6.36. The van der Waals surface area contributed by atoms with Gasteiger partial charge in [0.05, 0.1) is 12.2 Å². The van der Waals surface area contributed by atoms with E-state index < -0.39 is 0 Å². The van der Waals surface area contributed by atoms with Crippen molar-refractivity contribution in [3.05, 3.63) is 74.0 Å². The van der Waals surface area contributed by atoms with Gasteiger partial charge >= 0.3 is 0 Å². The van der Waals surface area contributed by atoms with Gasteiger partial charge in [0.1, 0.15) is 5.01 Å². The highest BCUT2D eigenvalue weighted by Gasteiger charge is 2.12. The predicted octanol–water partition coefficient (Wildman–Crippen LogP) is 4.21. The van der Waals surface area contributed by atoms with Gasteiger partial charge in [-0.3, -0.25) is 4.79 Å². The Bertz CT molecular complexity index is 939. The number of nitrogens with zero attached hydrogens (tertiary/aromatic N) is 2. The van der Waals surface area contributed by atoms with Gasteiger partial charge in [-0.1, -0.05) is 12.1 Å². The van der Waals surface area contributed by atoms with Gasteiger partial charge in [-0.15, -0.1) is 11.3 Å². The third kappa shape index (κ3) is 3.06. The first kappa shape index (κ1) is 15.3. The molecule has 0 atom stereocenters. The topological polar surface area (TPSA) is 34.9 Å². The number of aromatic nitrogens is 2. The molecule has 0 N–H and O–H groups in total. The van der Waals surface area contributed by atoms with E-state index in [-0.39, 0.29) is 5.56 Å². The molecule has 0 bridgehead atoms. The summed E-state index contributed by atoms with van der Waals surface area (Å²) in [6, 6.07) is 10.4. The zero-order chi connectivity index (χ0) is 16.5. The first-order chi connectivity index (χ1) is 11.7. The van der Waals surface area contributed by atoms with E-state index in [0.29, 0.717) is 6.54 Å². The van der Waals surface area contributed by atoms with Crippen LogP contribution >= 0.6 is 11.3 Å². The summed E-state index contributed by atoms with van der Waals surface area (Å²) in [5.41, 5.74) is 6.19. The van der Waals surface area contributed by atoms with Crippen LogP contribution in [0, 0.1) is 6.92 Å². The first-order valence-electron chi connectivity index (χ1n) is 8.43. The minimum atomic E-state index is 0.0283. The second-order valence-corrected chi connectivity index (χ2v) is 7.43. The number of hydrogen-bond acceptors (Lipinski definition) is 3. The highest BCUT2D eigenvalue weighted by molar-refractivity contribution is 7.09. The average molecular weight is 336 g/mol. The van der Waals surface area contributed by atoms with E-state index in [9.17, 15) is 4.79 Å². The fraction of sp³-hybridized carbons (Fsp3) is 0.300. The van der Waals surface area contributed by atoms with E-state index in [4.69, 9.17) is 4.98 Å². The maximum absolute atomic E-state index is 12.0. The van der Waals surface area contributed by atoms with Crippen molar-refractivity contribution in [1.82, 2.24) is 9.55 Å². The summed E-state index contributed by atoms with van der Waals surface area (Å²) in [5, 5.41) is 3.06. The number of fused-ring (bicyclic) bond motifs is 1. The first-order valence-corrected chi connectivity index (χ1v) is 9.31. The van der Waals surface area contributed by atoms with Crippen molar-refractivity contribution in [3.8, 4) is 11.3 Å². The van der Waals surface area contributed by atoms with Crippen LogP contribution in [-0.2, 0) is 19.4 Å². The Kier molecular flexibility index (Phi) is 4.07. The van der Waals surface area contributed by atoms with Crippen LogP contribution in [0.3, 0.4) is 0 Å². The molecule has 0 fully saturated rings. The van der Waals surface area contributed by atoms with Crippen LogP contribution in [0.15, 0.2) is 46.7 Å². The summed E-state index contributed by atoms with van der Waals surface area (Å²) in [7, 11) is 0. The predicted molar refractivity (Wildman–Crippen MR) is 98.7 cm³/mol. The van der Waals surface area contributed by atoms with Gasteiger partial charge in [0.2, 0.25) is 0 Å². The van der Waals surface area contributed by atoms with Crippen molar-refractivity contribution in [2.75, 3.05) is 0 Å². The van der Waals surface area contributed by atoms with Crippen molar-refractivity contribution < 1.29 is 0 Å². The third-order valence-corrected chi connectivity index (χ3v) is 5.49. The van der Waals surface area contributed by atoms with Crippen LogP contribution in [-0.4, -0.2) is 9.55 Å². The molecule has 0 unspecified atom stereocenters. The summed E-state index contributed by atoms with van der Waals surface area (Å²) in [4.78, 5) is 16.8. The van der Waals surface area contributed by atoms with Gasteiger partial charge in [0.15, 0.2) is 0 Å². The molecule has 0 radical (unpaired) electrons. The van der Waals surface area contributed by atoms with Gasteiger partial charge in [-0.25, -0.2) is 4.98 Å². The molecule has 0 amide bonds. The Hall–Kier alpha value is -2.20. The van der Waals surface area contributed by atoms with Crippen molar-refractivity contribution in [2.24, 2.45) is 0 Å². The van der Waals surface area contributed by atoms with Crippen molar-refractivity contribution >= 4 is 11.3 Å². The minimum absolute atomic E-state index is 0.0283. The van der Waals surface area contributed by atoms with Crippen LogP contribution in [0.5, 0.6) is 0 Å². The molecular weight excluding hydrogens is 316 g/mol. The maximum Gasteiger partial charge on any atom is 0.251 e. The van der Waals surface area contributed by atoms with Crippen molar-refractivity contribution in [3.63, 3.8) is 0 Å². The Balaban J connectivity index is 1.59. The van der Waals surface area contributed by atoms with E-state index in [2.05, 4.69) is 23.6 Å². The molecule has 4 heteroatoms. The molecule has 1 aliphatic carbocycles. The lowest BCUT2D eigenvalue weighted by Crippen LogP contribution is -2.19. The van der Waals surface area contributed by atoms with E-state index in [1.54, 1.807) is 22.0 Å². The van der Waals surface area contributed by atoms with Crippen molar-refractivity contribution in [1.29, 1.82) is 0 Å². The minimum Gasteiger partial charge on any atom is -0.309 e. The monoisotopic (exact) mass is 336 g/mol. The molecule has 0 saturated carbocycles. The molecule has 3 nitrogen and oxygen atoms in total. The van der Waals surface area contributed by atoms with Crippen LogP contribution in [0.4, 0.5) is 0 Å². The second-order valence-electron chi connectivity index (χ2n) is 6.49. The lowest BCUT2D eigenvalue weighted by atomic mass is 9.90. The fourth-order valence-corrected chi connectivity index (χ4v) is 4.09. The highest BCUT2D eigenvalue weighted by Crippen LogP contribution is 2.28. The number of thiazole rings is 1. The number of pyridine rings is 1. The van der Waals surface area contributed by atoms with E-state index in [1.165, 1.54) is 42.4 Å². The standard InChI is InChI=1S/C20H20N2OS/c1-14-8-9-22(20(23)10-14)12-19-21-18(13-24-19)17-7-6-15-4-2-3-5-16(15)11-17/h6-11,13H,2-5,12H2,1H3. The third-order valence-electron chi connectivity index (χ3n) is 4.65. The quantitative estimate of drug-likeness (QED) is 0.718. The molecular formula is C20H20N2OS. The van der Waals surface area contributed by atoms with Gasteiger partial charge in [0, 0.05) is 23.2 Å². The van der Waals surface area contributed by atoms with Crippen LogP contribution in [0.2, 0.25) is 0 Å². The van der Waals surface area contributed by atoms with Crippen LogP contribution in [0.25, 0.3) is 11.3 Å². The number of rotatable bonds is 3. The van der Waals surface area contributed by atoms with E-state index >= 15 is 0 Å². The van der Waals surface area contributed by atoms with Gasteiger partial charge in [-0.05, 0) is 61.4 Å². The van der Waals surface area contributed by atoms with Crippen LogP contribution in [0.1, 0.15) is 34.5 Å². The Labute approximate surface area is 145 Å². The van der Waals surface area contributed by atoms with E-state index in [0.717, 1.165) is 16.3 Å². The van der Waals surface area contributed by atoms with Gasteiger partial charge < -0.3 is 4.57 Å². The molecule has 2 aromatic heterocycles. The fourth-order valence-electron chi connectivity index (χ4n) is 3.29. The summed E-state index contributed by atoms with van der Waals surface area (Å²) >= 11 is 1.62. The molecule has 1 aliphatic rings. The number of hydrogen-bond donors (Lipinski definition) is 0. The molecule has 122 valence electrons. The molecule has 0 saturated heterocycles. The van der Waals surface area contributed by atoms with Crippen molar-refractivity contribution in [2.45, 2.75) is 39.2 Å². The Morgan fingerprint density at radius 3 is 2.79 bits per heavy atom. The normalized spacial score (nSPS) is 13.7. The summed E-state index contributed by atoms with van der Waals surface area (Å²) < 4.78 is 1.71. The summed E-state index contributed by atoms with van der Waals surface area (Å²) in [5.74, 6) is 0. The molecule has 24 heavy (non-hydrogen) atoms. The highest BCUT2D eigenvalue weighted by atomic mass is 32.1. The lowest BCUT2D eigenvalue weighted by molar-refractivity contribution is 0.686. The zero-order valence-electron chi connectivity index (χ0n) is 13.8. The summed E-state index contributed by atoms with van der Waals surface area (Å²) in [6.07, 6.45) is 6.82. The van der Waals surface area contributed by atoms with E-state index in [1.807, 2.05) is 19.2 Å². The molecule has 1 aromatic carbocycles. The Morgan fingerprint density at radius 2 is 1.96 bits per heavy atom. The molecule has 3 aromatic rings. The molecule has 0 aliphatic heterocycles. The summed E-state index contributed by atoms with van der Waals surface area (Å²) in [6.45, 7) is 2.47. The SMILES string of the molecule is Cc1ccn(Cc2nc(-c3ccc4c(c3)CCCC4)cs2)c(=O)c1. The van der Waals surface area contributed by atoms with Gasteiger partial charge in [-0.2, -0.15) is 0 Å². The average Bonchev–Trinajstić information content (AvgIpc) is 3.06. The molecule has 4 rings (SSSR count). The Morgan fingerprint density at radius 1 is 1.12 bits per heavy atom. The molecule has 2 heterocycles. The van der Waals surface area contributed by atoms with Gasteiger partial charge in [0.25, 0.3) is 5.56 Å². The lowest BCUT2D eigenvalue weighted by Gasteiger charge is -2.16. The smallest absolute Gasteiger partial charge is 0.251 e.